The summed E-state index contributed by atoms with van der Waals surface area (Å²) in [5.74, 6) is 2.60. The van der Waals surface area contributed by atoms with Gasteiger partial charge in [0.2, 0.25) is 11.9 Å². The van der Waals surface area contributed by atoms with Crippen LogP contribution in [0.25, 0.3) is 0 Å². The van der Waals surface area contributed by atoms with E-state index in [2.05, 4.69) is 36.1 Å². The molecule has 0 amide bonds. The first-order chi connectivity index (χ1) is 12.3. The molecular formula is C18H25N7. The van der Waals surface area contributed by atoms with Gasteiger partial charge in [0.15, 0.2) is 0 Å². The van der Waals surface area contributed by atoms with Crippen molar-refractivity contribution in [3.63, 3.8) is 0 Å². The van der Waals surface area contributed by atoms with E-state index in [1.807, 2.05) is 13.0 Å². The lowest BCUT2D eigenvalue weighted by Crippen LogP contribution is -2.47. The second-order valence-electron chi connectivity index (χ2n) is 6.84. The Bertz CT molecular complexity index is 692. The van der Waals surface area contributed by atoms with Crippen LogP contribution in [-0.2, 0) is 0 Å². The number of aryl methyl sites for hydroxylation is 1. The van der Waals surface area contributed by atoms with E-state index in [-0.39, 0.29) is 0 Å². The molecule has 132 valence electrons. The summed E-state index contributed by atoms with van der Waals surface area (Å²) in [5, 5.41) is 3.52. The van der Waals surface area contributed by atoms with Crippen LogP contribution in [0.15, 0.2) is 24.5 Å². The highest BCUT2D eigenvalue weighted by Crippen LogP contribution is 2.23. The fraction of sp³-hybridized carbons (Fsp3) is 0.556. The normalized spacial score (nSPS) is 18.6. The Morgan fingerprint density at radius 2 is 1.64 bits per heavy atom. The number of anilines is 3. The van der Waals surface area contributed by atoms with Gasteiger partial charge >= 0.3 is 0 Å². The van der Waals surface area contributed by atoms with Crippen LogP contribution in [0.1, 0.15) is 31.4 Å². The van der Waals surface area contributed by atoms with Crippen molar-refractivity contribution in [2.45, 2.75) is 38.6 Å². The zero-order valence-corrected chi connectivity index (χ0v) is 14.7. The topological polar surface area (TPSA) is 70.1 Å². The van der Waals surface area contributed by atoms with Gasteiger partial charge in [-0.3, -0.25) is 0 Å². The van der Waals surface area contributed by atoms with Crippen molar-refractivity contribution < 1.29 is 0 Å². The lowest BCUT2D eigenvalue weighted by Gasteiger charge is -2.35. The summed E-state index contributed by atoms with van der Waals surface area (Å²) in [5.41, 5.74) is 1.01. The van der Waals surface area contributed by atoms with Gasteiger partial charge in [0, 0.05) is 56.4 Å². The van der Waals surface area contributed by atoms with Crippen molar-refractivity contribution in [2.75, 3.05) is 41.3 Å². The molecule has 7 nitrogen and oxygen atoms in total. The van der Waals surface area contributed by atoms with E-state index in [9.17, 15) is 0 Å². The Balaban J connectivity index is 1.42. The molecule has 2 aliphatic rings. The third kappa shape index (κ3) is 3.81. The predicted octanol–water partition coefficient (Wildman–Crippen LogP) is 2.26. The Morgan fingerprint density at radius 1 is 0.960 bits per heavy atom. The Labute approximate surface area is 148 Å². The quantitative estimate of drug-likeness (QED) is 0.916. The van der Waals surface area contributed by atoms with Gasteiger partial charge in [0.25, 0.3) is 0 Å². The Morgan fingerprint density at radius 3 is 2.36 bits per heavy atom. The number of nitrogens with zero attached hydrogens (tertiary/aromatic N) is 6. The number of piperazine rings is 1. The van der Waals surface area contributed by atoms with Crippen LogP contribution in [0.2, 0.25) is 0 Å². The average Bonchev–Trinajstić information content (AvgIpc) is 3.15. The predicted molar refractivity (Wildman–Crippen MR) is 99.1 cm³/mol. The maximum atomic E-state index is 4.77. The van der Waals surface area contributed by atoms with Crippen LogP contribution in [0, 0.1) is 6.92 Å². The molecule has 4 rings (SSSR count). The lowest BCUT2D eigenvalue weighted by molar-refractivity contribution is 0.633. The standard InChI is InChI=1S/C18H25N7/c1-14-13-16(23-17(21-14)22-15-5-2-3-6-15)24-9-11-25(12-10-24)18-19-7-4-8-20-18/h4,7-8,13,15H,2-3,5-6,9-12H2,1H3,(H,21,22,23). The van der Waals surface area contributed by atoms with E-state index in [1.54, 1.807) is 12.4 Å². The molecule has 0 unspecified atom stereocenters. The summed E-state index contributed by atoms with van der Waals surface area (Å²) in [6, 6.07) is 4.46. The van der Waals surface area contributed by atoms with Crippen LogP contribution < -0.4 is 15.1 Å². The number of hydrogen-bond donors (Lipinski definition) is 1. The maximum Gasteiger partial charge on any atom is 0.225 e. The van der Waals surface area contributed by atoms with Gasteiger partial charge in [-0.15, -0.1) is 0 Å². The van der Waals surface area contributed by atoms with E-state index in [4.69, 9.17) is 4.98 Å². The smallest absolute Gasteiger partial charge is 0.225 e. The van der Waals surface area contributed by atoms with Gasteiger partial charge in [-0.2, -0.15) is 4.98 Å². The van der Waals surface area contributed by atoms with Crippen LogP contribution in [0.4, 0.5) is 17.7 Å². The molecule has 3 heterocycles. The van der Waals surface area contributed by atoms with Crippen LogP contribution in [-0.4, -0.2) is 52.2 Å². The van der Waals surface area contributed by atoms with Crippen molar-refractivity contribution in [3.8, 4) is 0 Å². The molecule has 1 saturated heterocycles. The van der Waals surface area contributed by atoms with E-state index < -0.39 is 0 Å². The van der Waals surface area contributed by atoms with Gasteiger partial charge in [-0.1, -0.05) is 12.8 Å². The van der Waals surface area contributed by atoms with Crippen molar-refractivity contribution in [1.29, 1.82) is 0 Å². The molecule has 0 atom stereocenters. The molecule has 2 aromatic rings. The minimum Gasteiger partial charge on any atom is -0.353 e. The fourth-order valence-electron chi connectivity index (χ4n) is 3.62. The molecule has 1 aliphatic heterocycles. The number of aromatic nitrogens is 4. The van der Waals surface area contributed by atoms with Gasteiger partial charge < -0.3 is 15.1 Å². The van der Waals surface area contributed by atoms with E-state index in [1.165, 1.54) is 25.7 Å². The van der Waals surface area contributed by atoms with Gasteiger partial charge in [-0.05, 0) is 25.8 Å². The van der Waals surface area contributed by atoms with Crippen LogP contribution in [0.5, 0.6) is 0 Å². The highest BCUT2D eigenvalue weighted by atomic mass is 15.3. The molecule has 25 heavy (non-hydrogen) atoms. The number of hydrogen-bond acceptors (Lipinski definition) is 7. The minimum atomic E-state index is 0.529. The second kappa shape index (κ2) is 7.21. The largest absolute Gasteiger partial charge is 0.353 e. The van der Waals surface area contributed by atoms with Crippen LogP contribution >= 0.6 is 0 Å². The molecule has 1 aliphatic carbocycles. The molecule has 2 aromatic heterocycles. The monoisotopic (exact) mass is 339 g/mol. The molecule has 0 radical (unpaired) electrons. The second-order valence-corrected chi connectivity index (χ2v) is 6.84. The third-order valence-electron chi connectivity index (χ3n) is 4.97. The maximum absolute atomic E-state index is 4.77. The third-order valence-corrected chi connectivity index (χ3v) is 4.97. The van der Waals surface area contributed by atoms with Crippen molar-refractivity contribution in [2.24, 2.45) is 0 Å². The molecular weight excluding hydrogens is 314 g/mol. The highest BCUT2D eigenvalue weighted by molar-refractivity contribution is 5.47. The molecule has 1 N–H and O–H groups in total. The van der Waals surface area contributed by atoms with E-state index in [0.29, 0.717) is 6.04 Å². The molecule has 0 aromatic carbocycles. The summed E-state index contributed by atoms with van der Waals surface area (Å²) in [6.45, 7) is 5.67. The van der Waals surface area contributed by atoms with Crippen LogP contribution in [0.3, 0.4) is 0 Å². The first-order valence-corrected chi connectivity index (χ1v) is 9.17. The summed E-state index contributed by atoms with van der Waals surface area (Å²) in [6.07, 6.45) is 8.65. The first kappa shape index (κ1) is 16.1. The van der Waals surface area contributed by atoms with Crippen molar-refractivity contribution in [3.05, 3.63) is 30.2 Å². The number of nitrogens with one attached hydrogen (secondary N) is 1. The van der Waals surface area contributed by atoms with Gasteiger partial charge in [0.05, 0.1) is 0 Å². The van der Waals surface area contributed by atoms with Gasteiger partial charge in [-0.25, -0.2) is 15.0 Å². The summed E-state index contributed by atoms with van der Waals surface area (Å²) >= 11 is 0. The molecule has 0 spiro atoms. The summed E-state index contributed by atoms with van der Waals surface area (Å²) < 4.78 is 0. The number of rotatable bonds is 4. The summed E-state index contributed by atoms with van der Waals surface area (Å²) in [4.78, 5) is 22.6. The van der Waals surface area contributed by atoms with Crippen molar-refractivity contribution in [1.82, 2.24) is 19.9 Å². The highest BCUT2D eigenvalue weighted by Gasteiger charge is 2.21. The Kier molecular flexibility index (Phi) is 4.63. The SMILES string of the molecule is Cc1cc(N2CCN(c3ncccn3)CC2)nc(NC2CCCC2)n1. The molecule has 7 heteroatoms. The van der Waals surface area contributed by atoms with E-state index >= 15 is 0 Å². The fourth-order valence-corrected chi connectivity index (χ4v) is 3.62. The zero-order valence-electron chi connectivity index (χ0n) is 14.7. The lowest BCUT2D eigenvalue weighted by atomic mass is 10.2. The Hall–Kier alpha value is -2.44. The first-order valence-electron chi connectivity index (χ1n) is 9.17. The average molecular weight is 339 g/mol. The summed E-state index contributed by atoms with van der Waals surface area (Å²) in [7, 11) is 0. The molecule has 2 fully saturated rings. The molecule has 0 bridgehead atoms. The van der Waals surface area contributed by atoms with Gasteiger partial charge in [0.1, 0.15) is 5.82 Å². The molecule has 1 saturated carbocycles. The van der Waals surface area contributed by atoms with Crippen molar-refractivity contribution >= 4 is 17.7 Å². The minimum absolute atomic E-state index is 0.529. The zero-order chi connectivity index (χ0) is 17.1. The van der Waals surface area contributed by atoms with E-state index in [0.717, 1.165) is 49.6 Å².